The molecule has 0 radical (unpaired) electrons. The van der Waals surface area contributed by atoms with E-state index in [1.807, 2.05) is 25.1 Å². The predicted molar refractivity (Wildman–Crippen MR) is 81.1 cm³/mol. The molecule has 1 heterocycles. The maximum atomic E-state index is 11.8. The molecule has 6 nitrogen and oxygen atoms in total. The van der Waals surface area contributed by atoms with Crippen LogP contribution < -0.4 is 15.1 Å². The Hall–Kier alpha value is -2.76. The van der Waals surface area contributed by atoms with Crippen LogP contribution in [0.3, 0.4) is 0 Å². The molecule has 1 aromatic heterocycles. The van der Waals surface area contributed by atoms with E-state index < -0.39 is 0 Å². The van der Waals surface area contributed by atoms with Crippen molar-refractivity contribution in [2.75, 3.05) is 26.1 Å². The average molecular weight is 287 g/mol. The van der Waals surface area contributed by atoms with Crippen molar-refractivity contribution in [3.8, 4) is 5.75 Å². The van der Waals surface area contributed by atoms with Crippen LogP contribution in [0.15, 0.2) is 45.9 Å². The molecule has 1 aromatic carbocycles. The fourth-order valence-corrected chi connectivity index (χ4v) is 1.61. The van der Waals surface area contributed by atoms with Gasteiger partial charge in [-0.05, 0) is 30.3 Å². The fraction of sp³-hybridized carbons (Fsp3) is 0.200. The lowest BCUT2D eigenvalue weighted by atomic mass is 10.2. The molecule has 110 valence electrons. The summed E-state index contributed by atoms with van der Waals surface area (Å²) >= 11 is 0. The van der Waals surface area contributed by atoms with Crippen LogP contribution in [0.25, 0.3) is 0 Å². The first-order valence-corrected chi connectivity index (χ1v) is 6.35. The van der Waals surface area contributed by atoms with Crippen molar-refractivity contribution in [3.05, 3.63) is 47.7 Å². The largest absolute Gasteiger partial charge is 0.497 e. The highest BCUT2D eigenvalue weighted by atomic mass is 16.5. The smallest absolute Gasteiger partial charge is 0.271 e. The molecule has 0 spiro atoms. The molecule has 0 saturated heterocycles. The monoisotopic (exact) mass is 287 g/mol. The molecule has 0 unspecified atom stereocenters. The summed E-state index contributed by atoms with van der Waals surface area (Å²) in [5.41, 5.74) is 2.94. The Balaban J connectivity index is 1.94. The second-order valence-corrected chi connectivity index (χ2v) is 4.50. The van der Waals surface area contributed by atoms with E-state index in [0.29, 0.717) is 17.1 Å². The van der Waals surface area contributed by atoms with Crippen molar-refractivity contribution < 1.29 is 13.9 Å². The Morgan fingerprint density at radius 2 is 1.95 bits per heavy atom. The normalized spacial score (nSPS) is 10.6. The number of rotatable bonds is 5. The number of ether oxygens (including phenoxy) is 1. The Morgan fingerprint density at radius 3 is 2.52 bits per heavy atom. The van der Waals surface area contributed by atoms with E-state index in [9.17, 15) is 4.79 Å². The van der Waals surface area contributed by atoms with E-state index in [2.05, 4.69) is 10.5 Å². The maximum Gasteiger partial charge on any atom is 0.271 e. The van der Waals surface area contributed by atoms with Crippen LogP contribution in [0.1, 0.15) is 16.1 Å². The number of hydrazone groups is 1. The lowest BCUT2D eigenvalue weighted by Gasteiger charge is -2.05. The van der Waals surface area contributed by atoms with Gasteiger partial charge in [-0.3, -0.25) is 4.79 Å². The SMILES string of the molecule is COc1ccc(C(=O)N/N=C\c2ccc(N(C)C)o2)cc1. The summed E-state index contributed by atoms with van der Waals surface area (Å²) in [5.74, 6) is 1.68. The molecule has 0 bridgehead atoms. The quantitative estimate of drug-likeness (QED) is 0.675. The molecule has 0 aliphatic carbocycles. The van der Waals surface area contributed by atoms with Crippen molar-refractivity contribution in [1.82, 2.24) is 5.43 Å². The molecule has 0 atom stereocenters. The predicted octanol–water partition coefficient (Wildman–Crippen LogP) is 2.12. The van der Waals surface area contributed by atoms with Crippen molar-refractivity contribution in [2.45, 2.75) is 0 Å². The first-order valence-electron chi connectivity index (χ1n) is 6.35. The van der Waals surface area contributed by atoms with E-state index >= 15 is 0 Å². The highest BCUT2D eigenvalue weighted by Gasteiger charge is 2.04. The van der Waals surface area contributed by atoms with Gasteiger partial charge in [0.1, 0.15) is 11.5 Å². The van der Waals surface area contributed by atoms with Crippen LogP contribution in [0.5, 0.6) is 5.75 Å². The van der Waals surface area contributed by atoms with Gasteiger partial charge in [-0.25, -0.2) is 5.43 Å². The van der Waals surface area contributed by atoms with E-state index in [1.165, 1.54) is 6.21 Å². The summed E-state index contributed by atoms with van der Waals surface area (Å²) in [6.45, 7) is 0. The molecule has 2 rings (SSSR count). The first-order chi connectivity index (χ1) is 10.1. The molecule has 2 aromatic rings. The molecule has 0 fully saturated rings. The Morgan fingerprint density at radius 1 is 1.24 bits per heavy atom. The Labute approximate surface area is 123 Å². The summed E-state index contributed by atoms with van der Waals surface area (Å²) in [6.07, 6.45) is 1.45. The third-order valence-corrected chi connectivity index (χ3v) is 2.76. The van der Waals surface area contributed by atoms with Crippen LogP contribution >= 0.6 is 0 Å². The number of carbonyl (C=O) groups excluding carboxylic acids is 1. The molecule has 0 aliphatic heterocycles. The number of benzene rings is 1. The lowest BCUT2D eigenvalue weighted by Crippen LogP contribution is -2.17. The van der Waals surface area contributed by atoms with E-state index in [-0.39, 0.29) is 5.91 Å². The summed E-state index contributed by atoms with van der Waals surface area (Å²) in [4.78, 5) is 13.7. The van der Waals surface area contributed by atoms with Crippen LogP contribution in [0, 0.1) is 0 Å². The summed E-state index contributed by atoms with van der Waals surface area (Å²) in [6, 6.07) is 10.4. The highest BCUT2D eigenvalue weighted by Crippen LogP contribution is 2.14. The van der Waals surface area contributed by atoms with Gasteiger partial charge in [0.2, 0.25) is 0 Å². The van der Waals surface area contributed by atoms with Gasteiger partial charge in [-0.1, -0.05) is 0 Å². The minimum atomic E-state index is -0.298. The molecule has 1 amide bonds. The van der Waals surface area contributed by atoms with Crippen LogP contribution in [0.4, 0.5) is 5.88 Å². The van der Waals surface area contributed by atoms with E-state index in [1.54, 1.807) is 37.4 Å². The minimum Gasteiger partial charge on any atom is -0.497 e. The third kappa shape index (κ3) is 3.85. The second kappa shape index (κ2) is 6.60. The number of amides is 1. The van der Waals surface area contributed by atoms with Gasteiger partial charge in [0.05, 0.1) is 13.3 Å². The van der Waals surface area contributed by atoms with Crippen molar-refractivity contribution in [3.63, 3.8) is 0 Å². The number of nitrogens with one attached hydrogen (secondary N) is 1. The average Bonchev–Trinajstić information content (AvgIpc) is 2.96. The van der Waals surface area contributed by atoms with Crippen molar-refractivity contribution >= 4 is 18.0 Å². The molecule has 1 N–H and O–H groups in total. The van der Waals surface area contributed by atoms with Gasteiger partial charge in [-0.15, -0.1) is 0 Å². The molecular weight excluding hydrogens is 270 g/mol. The third-order valence-electron chi connectivity index (χ3n) is 2.76. The van der Waals surface area contributed by atoms with Gasteiger partial charge < -0.3 is 14.1 Å². The van der Waals surface area contributed by atoms with Gasteiger partial charge in [0.25, 0.3) is 5.91 Å². The number of methoxy groups -OCH3 is 1. The van der Waals surface area contributed by atoms with Gasteiger partial charge in [0.15, 0.2) is 5.88 Å². The Bertz CT molecular complexity index is 630. The molecule has 0 saturated carbocycles. The zero-order valence-electron chi connectivity index (χ0n) is 12.2. The van der Waals surface area contributed by atoms with Crippen LogP contribution in [0.2, 0.25) is 0 Å². The second-order valence-electron chi connectivity index (χ2n) is 4.50. The number of hydrogen-bond donors (Lipinski definition) is 1. The fourth-order valence-electron chi connectivity index (χ4n) is 1.61. The van der Waals surface area contributed by atoms with Crippen molar-refractivity contribution in [2.24, 2.45) is 5.10 Å². The van der Waals surface area contributed by atoms with E-state index in [4.69, 9.17) is 9.15 Å². The molecule has 0 aliphatic rings. The van der Waals surface area contributed by atoms with Gasteiger partial charge in [0, 0.05) is 25.7 Å². The van der Waals surface area contributed by atoms with Crippen LogP contribution in [-0.4, -0.2) is 33.3 Å². The van der Waals surface area contributed by atoms with Crippen LogP contribution in [-0.2, 0) is 0 Å². The minimum absolute atomic E-state index is 0.298. The number of nitrogens with zero attached hydrogens (tertiary/aromatic N) is 2. The molecule has 21 heavy (non-hydrogen) atoms. The molecular formula is C15H17N3O3. The zero-order chi connectivity index (χ0) is 15.2. The summed E-state index contributed by atoms with van der Waals surface area (Å²) in [5, 5.41) is 3.87. The lowest BCUT2D eigenvalue weighted by molar-refractivity contribution is 0.0955. The van der Waals surface area contributed by atoms with E-state index in [0.717, 1.165) is 5.88 Å². The first kappa shape index (κ1) is 14.6. The maximum absolute atomic E-state index is 11.8. The number of furan rings is 1. The van der Waals surface area contributed by atoms with Crippen molar-refractivity contribution in [1.29, 1.82) is 0 Å². The van der Waals surface area contributed by atoms with Gasteiger partial charge >= 0.3 is 0 Å². The standard InChI is InChI=1S/C15H17N3O3/c1-18(2)14-9-8-13(21-14)10-16-17-15(19)11-4-6-12(20-3)7-5-11/h4-10H,1-3H3,(H,17,19)/b16-10-. The Kier molecular flexibility index (Phi) is 4.61. The van der Waals surface area contributed by atoms with Gasteiger partial charge in [-0.2, -0.15) is 5.10 Å². The molecule has 6 heteroatoms. The topological polar surface area (TPSA) is 67.1 Å². The number of hydrogen-bond acceptors (Lipinski definition) is 5. The highest BCUT2D eigenvalue weighted by molar-refractivity contribution is 5.94. The zero-order valence-corrected chi connectivity index (χ0v) is 12.2. The summed E-state index contributed by atoms with van der Waals surface area (Å²) in [7, 11) is 5.33. The number of carbonyl (C=O) groups is 1. The summed E-state index contributed by atoms with van der Waals surface area (Å²) < 4.78 is 10.5. The number of anilines is 1.